The number of allylic oxidation sites excluding steroid dienone is 1. The first-order chi connectivity index (χ1) is 9.19. The number of hydrogen-bond donors (Lipinski definition) is 1. The van der Waals surface area contributed by atoms with E-state index in [9.17, 15) is 9.50 Å². The summed E-state index contributed by atoms with van der Waals surface area (Å²) < 4.78 is 17.8. The molecule has 2 nitrogen and oxygen atoms in total. The maximum Gasteiger partial charge on any atom is 0.123 e. The summed E-state index contributed by atoms with van der Waals surface area (Å²) in [6, 6.07) is 11.4. The van der Waals surface area contributed by atoms with E-state index in [1.54, 1.807) is 37.4 Å². The van der Waals surface area contributed by atoms with Crippen molar-refractivity contribution in [2.45, 2.75) is 6.42 Å². The van der Waals surface area contributed by atoms with Gasteiger partial charge >= 0.3 is 0 Å². The molecular formula is C16H15FO2. The lowest BCUT2D eigenvalue weighted by Gasteiger charge is -2.04. The second-order valence-corrected chi connectivity index (χ2v) is 4.15. The first kappa shape index (κ1) is 13.1. The van der Waals surface area contributed by atoms with E-state index in [4.69, 9.17) is 4.74 Å². The molecule has 0 atom stereocenters. The van der Waals surface area contributed by atoms with Crippen molar-refractivity contribution in [2.24, 2.45) is 0 Å². The summed E-state index contributed by atoms with van der Waals surface area (Å²) in [6.45, 7) is 0. The average Bonchev–Trinajstić information content (AvgIpc) is 2.43. The zero-order valence-corrected chi connectivity index (χ0v) is 10.6. The third-order valence-electron chi connectivity index (χ3n) is 2.80. The molecule has 2 aromatic carbocycles. The van der Waals surface area contributed by atoms with Gasteiger partial charge in [-0.25, -0.2) is 4.39 Å². The molecule has 0 aromatic heterocycles. The molecule has 1 N–H and O–H groups in total. The smallest absolute Gasteiger partial charge is 0.123 e. The third-order valence-corrected chi connectivity index (χ3v) is 2.80. The van der Waals surface area contributed by atoms with Gasteiger partial charge < -0.3 is 9.84 Å². The van der Waals surface area contributed by atoms with Crippen molar-refractivity contribution in [1.82, 2.24) is 0 Å². The van der Waals surface area contributed by atoms with E-state index in [1.807, 2.05) is 12.2 Å². The fraction of sp³-hybridized carbons (Fsp3) is 0.125. The summed E-state index contributed by atoms with van der Waals surface area (Å²) >= 11 is 0. The quantitative estimate of drug-likeness (QED) is 0.904. The molecule has 3 heteroatoms. The van der Waals surface area contributed by atoms with Gasteiger partial charge in [-0.2, -0.15) is 0 Å². The number of ether oxygens (including phenoxy) is 1. The van der Waals surface area contributed by atoms with E-state index < -0.39 is 0 Å². The fourth-order valence-electron chi connectivity index (χ4n) is 1.75. The topological polar surface area (TPSA) is 29.5 Å². The zero-order chi connectivity index (χ0) is 13.7. The number of halogens is 1. The Morgan fingerprint density at radius 2 is 1.89 bits per heavy atom. The molecule has 0 bridgehead atoms. The lowest BCUT2D eigenvalue weighted by molar-refractivity contribution is 0.411. The van der Waals surface area contributed by atoms with Crippen LogP contribution in [0, 0.1) is 5.82 Å². The molecule has 0 saturated carbocycles. The number of aromatic hydroxyl groups is 1. The summed E-state index contributed by atoms with van der Waals surface area (Å²) in [5.41, 5.74) is 1.71. The van der Waals surface area contributed by atoms with Crippen molar-refractivity contribution in [3.63, 3.8) is 0 Å². The van der Waals surface area contributed by atoms with Crippen molar-refractivity contribution >= 4 is 6.08 Å². The molecule has 0 aliphatic heterocycles. The fourth-order valence-corrected chi connectivity index (χ4v) is 1.75. The molecular weight excluding hydrogens is 243 g/mol. The Balaban J connectivity index is 2.07. The average molecular weight is 258 g/mol. The van der Waals surface area contributed by atoms with E-state index in [0.29, 0.717) is 12.2 Å². The maximum atomic E-state index is 12.7. The summed E-state index contributed by atoms with van der Waals surface area (Å²) in [5.74, 6) is 0.704. The van der Waals surface area contributed by atoms with Gasteiger partial charge in [-0.05, 0) is 42.3 Å². The normalized spacial score (nSPS) is 10.8. The molecule has 0 amide bonds. The highest BCUT2D eigenvalue weighted by Gasteiger charge is 2.01. The minimum atomic E-state index is -0.248. The highest BCUT2D eigenvalue weighted by Crippen LogP contribution is 2.23. The molecule has 0 unspecified atom stereocenters. The number of hydrogen-bond acceptors (Lipinski definition) is 2. The monoisotopic (exact) mass is 258 g/mol. The molecule has 2 rings (SSSR count). The Hall–Kier alpha value is -2.29. The molecule has 98 valence electrons. The molecule has 19 heavy (non-hydrogen) atoms. The SMILES string of the molecule is COc1ccc(O)c(C/C=C/c2ccc(F)cc2)c1. The summed E-state index contributed by atoms with van der Waals surface area (Å²) in [4.78, 5) is 0. The molecule has 0 aliphatic carbocycles. The first-order valence-electron chi connectivity index (χ1n) is 5.97. The number of methoxy groups -OCH3 is 1. The first-order valence-corrected chi connectivity index (χ1v) is 5.97. The standard InChI is InChI=1S/C16H15FO2/c1-19-15-9-10-16(18)13(11-15)4-2-3-12-5-7-14(17)8-6-12/h2-3,5-11,18H,4H2,1H3/b3-2+. The van der Waals surface area contributed by atoms with Crippen LogP contribution in [0.25, 0.3) is 6.08 Å². The molecule has 0 heterocycles. The molecule has 0 radical (unpaired) electrons. The second-order valence-electron chi connectivity index (χ2n) is 4.15. The van der Waals surface area contributed by atoms with E-state index >= 15 is 0 Å². The van der Waals surface area contributed by atoms with Crippen LogP contribution in [0.2, 0.25) is 0 Å². The van der Waals surface area contributed by atoms with E-state index in [-0.39, 0.29) is 11.6 Å². The van der Waals surface area contributed by atoms with E-state index in [0.717, 1.165) is 11.1 Å². The van der Waals surface area contributed by atoms with Crippen LogP contribution in [-0.2, 0) is 6.42 Å². The number of rotatable bonds is 4. The van der Waals surface area contributed by atoms with E-state index in [2.05, 4.69) is 0 Å². The van der Waals surface area contributed by atoms with Crippen LogP contribution < -0.4 is 4.74 Å². The number of benzene rings is 2. The van der Waals surface area contributed by atoms with Crippen LogP contribution >= 0.6 is 0 Å². The van der Waals surface area contributed by atoms with Gasteiger partial charge in [-0.3, -0.25) is 0 Å². The van der Waals surface area contributed by atoms with E-state index in [1.165, 1.54) is 12.1 Å². The van der Waals surface area contributed by atoms with Gasteiger partial charge in [0.2, 0.25) is 0 Å². The Morgan fingerprint density at radius 1 is 1.16 bits per heavy atom. The number of phenolic OH excluding ortho intramolecular Hbond substituents is 1. The molecule has 0 fully saturated rings. The predicted octanol–water partition coefficient (Wildman–Crippen LogP) is 3.80. The van der Waals surface area contributed by atoms with Crippen LogP contribution in [0.15, 0.2) is 48.5 Å². The largest absolute Gasteiger partial charge is 0.508 e. The molecule has 0 saturated heterocycles. The summed E-state index contributed by atoms with van der Waals surface area (Å²) in [7, 11) is 1.59. The van der Waals surface area contributed by atoms with Crippen LogP contribution in [0.1, 0.15) is 11.1 Å². The predicted molar refractivity (Wildman–Crippen MR) is 73.8 cm³/mol. The minimum Gasteiger partial charge on any atom is -0.508 e. The van der Waals surface area contributed by atoms with Gasteiger partial charge in [0, 0.05) is 5.56 Å². The van der Waals surface area contributed by atoms with Crippen molar-refractivity contribution < 1.29 is 14.2 Å². The highest BCUT2D eigenvalue weighted by atomic mass is 19.1. The van der Waals surface area contributed by atoms with Crippen LogP contribution in [-0.4, -0.2) is 12.2 Å². The zero-order valence-electron chi connectivity index (χ0n) is 10.6. The van der Waals surface area contributed by atoms with Crippen molar-refractivity contribution in [1.29, 1.82) is 0 Å². The molecule has 0 aliphatic rings. The van der Waals surface area contributed by atoms with Crippen molar-refractivity contribution in [2.75, 3.05) is 7.11 Å². The van der Waals surface area contributed by atoms with Gasteiger partial charge in [0.25, 0.3) is 0 Å². The Labute approximate surface area is 111 Å². The lowest BCUT2D eigenvalue weighted by Crippen LogP contribution is -1.87. The van der Waals surface area contributed by atoms with Gasteiger partial charge in [0.05, 0.1) is 7.11 Å². The third kappa shape index (κ3) is 3.58. The summed E-state index contributed by atoms with van der Waals surface area (Å²) in [5, 5.41) is 9.73. The summed E-state index contributed by atoms with van der Waals surface area (Å²) in [6.07, 6.45) is 4.39. The maximum absolute atomic E-state index is 12.7. The van der Waals surface area contributed by atoms with Gasteiger partial charge in [-0.15, -0.1) is 0 Å². The van der Waals surface area contributed by atoms with Gasteiger partial charge in [0.1, 0.15) is 17.3 Å². The van der Waals surface area contributed by atoms with Crippen LogP contribution in [0.5, 0.6) is 11.5 Å². The Bertz CT molecular complexity index is 574. The second kappa shape index (κ2) is 6.05. The van der Waals surface area contributed by atoms with Gasteiger partial charge in [-0.1, -0.05) is 24.3 Å². The number of phenols is 1. The molecule has 0 spiro atoms. The minimum absolute atomic E-state index is 0.240. The van der Waals surface area contributed by atoms with Crippen LogP contribution in [0.4, 0.5) is 4.39 Å². The lowest BCUT2D eigenvalue weighted by atomic mass is 10.1. The van der Waals surface area contributed by atoms with Gasteiger partial charge in [0.15, 0.2) is 0 Å². The van der Waals surface area contributed by atoms with Crippen molar-refractivity contribution in [3.05, 3.63) is 65.5 Å². The van der Waals surface area contributed by atoms with Crippen molar-refractivity contribution in [3.8, 4) is 11.5 Å². The van der Waals surface area contributed by atoms with Crippen LogP contribution in [0.3, 0.4) is 0 Å². The Morgan fingerprint density at radius 3 is 2.58 bits per heavy atom. The highest BCUT2D eigenvalue weighted by molar-refractivity contribution is 5.50. The Kier molecular flexibility index (Phi) is 4.18. The molecule has 2 aromatic rings.